The summed E-state index contributed by atoms with van der Waals surface area (Å²) < 4.78 is 5.47. The van der Waals surface area contributed by atoms with Gasteiger partial charge >= 0.3 is 0 Å². The highest BCUT2D eigenvalue weighted by Gasteiger charge is 2.33. The van der Waals surface area contributed by atoms with Crippen LogP contribution in [0.2, 0.25) is 0 Å². The Morgan fingerprint density at radius 2 is 2.04 bits per heavy atom. The molecule has 0 unspecified atom stereocenters. The van der Waals surface area contributed by atoms with Gasteiger partial charge in [0.25, 0.3) is 0 Å². The van der Waals surface area contributed by atoms with Crippen molar-refractivity contribution in [1.29, 1.82) is 0 Å². The second-order valence-corrected chi connectivity index (χ2v) is 5.63. The lowest BCUT2D eigenvalue weighted by Crippen LogP contribution is -2.25. The number of hydrazone groups is 1. The van der Waals surface area contributed by atoms with Gasteiger partial charge in [-0.05, 0) is 29.8 Å². The molecule has 2 amide bonds. The molecule has 24 heavy (non-hydrogen) atoms. The van der Waals surface area contributed by atoms with Crippen molar-refractivity contribution in [2.45, 2.75) is 32.7 Å². The number of nitrogens with one attached hydrogen (secondary N) is 1. The Hall–Kier alpha value is -2.89. The number of rotatable bonds is 4. The third-order valence-corrected chi connectivity index (χ3v) is 3.88. The lowest BCUT2D eigenvalue weighted by Gasteiger charge is -2.18. The number of carbonyl (C=O) groups excluding carboxylic acids is 2. The summed E-state index contributed by atoms with van der Waals surface area (Å²) in [5.74, 6) is 0.574. The topological polar surface area (TPSA) is 74.9 Å². The first kappa shape index (κ1) is 16.0. The summed E-state index contributed by atoms with van der Waals surface area (Å²) in [5, 5.41) is 8.75. The van der Waals surface area contributed by atoms with Gasteiger partial charge in [0.05, 0.1) is 12.0 Å². The van der Waals surface area contributed by atoms with Crippen LogP contribution < -0.4 is 5.32 Å². The van der Waals surface area contributed by atoms with Gasteiger partial charge < -0.3 is 9.73 Å². The highest BCUT2D eigenvalue weighted by Crippen LogP contribution is 2.33. The number of amides is 2. The van der Waals surface area contributed by atoms with Gasteiger partial charge in [-0.15, -0.1) is 0 Å². The second-order valence-electron chi connectivity index (χ2n) is 5.63. The summed E-state index contributed by atoms with van der Waals surface area (Å²) in [7, 11) is 0. The Balaban J connectivity index is 1.85. The van der Waals surface area contributed by atoms with E-state index in [0.29, 0.717) is 12.8 Å². The average molecular weight is 325 g/mol. The Labute approximate surface area is 140 Å². The maximum Gasteiger partial charge on any atom is 0.243 e. The number of benzene rings is 1. The molecule has 2 aromatic rings. The van der Waals surface area contributed by atoms with Crippen LogP contribution in [0.25, 0.3) is 0 Å². The van der Waals surface area contributed by atoms with Gasteiger partial charge in [0.15, 0.2) is 0 Å². The molecule has 0 saturated heterocycles. The van der Waals surface area contributed by atoms with Gasteiger partial charge in [-0.3, -0.25) is 9.59 Å². The van der Waals surface area contributed by atoms with E-state index in [0.717, 1.165) is 22.7 Å². The fraction of sp³-hybridized carbons (Fsp3) is 0.278. The first-order valence-electron chi connectivity index (χ1n) is 7.89. The van der Waals surface area contributed by atoms with E-state index >= 15 is 0 Å². The van der Waals surface area contributed by atoms with Crippen molar-refractivity contribution in [2.24, 2.45) is 5.10 Å². The fourth-order valence-corrected chi connectivity index (χ4v) is 2.73. The van der Waals surface area contributed by atoms with Crippen LogP contribution in [0.5, 0.6) is 0 Å². The number of furan rings is 1. The van der Waals surface area contributed by atoms with Crippen molar-refractivity contribution >= 4 is 23.2 Å². The molecular formula is C18H19N3O3. The third-order valence-electron chi connectivity index (χ3n) is 3.88. The van der Waals surface area contributed by atoms with Crippen LogP contribution in [0.1, 0.15) is 44.1 Å². The zero-order valence-electron chi connectivity index (χ0n) is 13.7. The first-order valence-corrected chi connectivity index (χ1v) is 7.89. The smallest absolute Gasteiger partial charge is 0.243 e. The predicted molar refractivity (Wildman–Crippen MR) is 90.5 cm³/mol. The maximum atomic E-state index is 12.2. The molecule has 0 radical (unpaired) electrons. The van der Waals surface area contributed by atoms with Gasteiger partial charge in [0.1, 0.15) is 11.8 Å². The summed E-state index contributed by atoms with van der Waals surface area (Å²) in [6, 6.07) is 10.9. The zero-order valence-corrected chi connectivity index (χ0v) is 13.7. The molecule has 2 heterocycles. The normalized spacial score (nSPS) is 16.8. The molecule has 1 aliphatic rings. The van der Waals surface area contributed by atoms with Crippen LogP contribution in [0, 0.1) is 0 Å². The van der Waals surface area contributed by atoms with Crippen LogP contribution in [-0.4, -0.2) is 22.5 Å². The molecule has 0 aliphatic carbocycles. The number of hydrogen-bond donors (Lipinski definition) is 1. The summed E-state index contributed by atoms with van der Waals surface area (Å²) in [4.78, 5) is 23.3. The van der Waals surface area contributed by atoms with E-state index in [-0.39, 0.29) is 17.9 Å². The van der Waals surface area contributed by atoms with Crippen LogP contribution in [0.4, 0.5) is 5.69 Å². The second kappa shape index (κ2) is 6.70. The predicted octanol–water partition coefficient (Wildman–Crippen LogP) is 3.33. The SMILES string of the molecule is CCC(=O)N1N=C(c2ccc(NC(C)=O)cc2)C[C@H]1c1ccco1. The van der Waals surface area contributed by atoms with Crippen molar-refractivity contribution in [2.75, 3.05) is 5.32 Å². The zero-order chi connectivity index (χ0) is 17.1. The van der Waals surface area contributed by atoms with E-state index in [2.05, 4.69) is 10.4 Å². The number of hydrogen-bond acceptors (Lipinski definition) is 4. The molecule has 1 aromatic carbocycles. The fourth-order valence-electron chi connectivity index (χ4n) is 2.73. The Morgan fingerprint density at radius 3 is 2.62 bits per heavy atom. The standard InChI is InChI=1S/C18H19N3O3/c1-3-18(23)21-16(17-5-4-10-24-17)11-15(20-21)13-6-8-14(9-7-13)19-12(2)22/h4-10,16H,3,11H2,1-2H3,(H,19,22)/t16-/m0/s1. The molecule has 1 atom stereocenters. The molecule has 0 saturated carbocycles. The molecule has 1 aromatic heterocycles. The summed E-state index contributed by atoms with van der Waals surface area (Å²) in [5.41, 5.74) is 2.48. The van der Waals surface area contributed by atoms with Crippen LogP contribution in [0.3, 0.4) is 0 Å². The third kappa shape index (κ3) is 3.22. The van der Waals surface area contributed by atoms with Gasteiger partial charge in [0.2, 0.25) is 11.8 Å². The highest BCUT2D eigenvalue weighted by molar-refractivity contribution is 6.03. The summed E-state index contributed by atoms with van der Waals surface area (Å²) >= 11 is 0. The van der Waals surface area contributed by atoms with Crippen molar-refractivity contribution < 1.29 is 14.0 Å². The molecule has 1 aliphatic heterocycles. The Bertz CT molecular complexity index is 763. The van der Waals surface area contributed by atoms with Crippen LogP contribution >= 0.6 is 0 Å². The number of anilines is 1. The quantitative estimate of drug-likeness (QED) is 0.937. The van der Waals surface area contributed by atoms with Crippen molar-refractivity contribution in [3.63, 3.8) is 0 Å². The lowest BCUT2D eigenvalue weighted by molar-refractivity contribution is -0.133. The monoisotopic (exact) mass is 325 g/mol. The molecule has 124 valence electrons. The molecule has 3 rings (SSSR count). The van der Waals surface area contributed by atoms with E-state index in [1.54, 1.807) is 6.26 Å². The van der Waals surface area contributed by atoms with Crippen molar-refractivity contribution in [1.82, 2.24) is 5.01 Å². The highest BCUT2D eigenvalue weighted by atomic mass is 16.3. The Kier molecular flexibility index (Phi) is 4.46. The molecule has 6 nitrogen and oxygen atoms in total. The van der Waals surface area contributed by atoms with E-state index < -0.39 is 0 Å². The van der Waals surface area contributed by atoms with Gasteiger partial charge in [0, 0.05) is 25.5 Å². The van der Waals surface area contributed by atoms with E-state index in [1.165, 1.54) is 11.9 Å². The van der Waals surface area contributed by atoms with E-state index in [4.69, 9.17) is 4.42 Å². The first-order chi connectivity index (χ1) is 11.6. The van der Waals surface area contributed by atoms with Crippen LogP contribution in [-0.2, 0) is 9.59 Å². The molecule has 0 spiro atoms. The van der Waals surface area contributed by atoms with Crippen LogP contribution in [0.15, 0.2) is 52.2 Å². The van der Waals surface area contributed by atoms with Crippen molar-refractivity contribution in [3.05, 3.63) is 54.0 Å². The van der Waals surface area contributed by atoms with Gasteiger partial charge in [-0.25, -0.2) is 5.01 Å². The average Bonchev–Trinajstić information content (AvgIpc) is 3.23. The summed E-state index contributed by atoms with van der Waals surface area (Å²) in [6.45, 7) is 3.29. The molecule has 0 bridgehead atoms. The molecule has 6 heteroatoms. The maximum absolute atomic E-state index is 12.2. The number of carbonyl (C=O) groups is 2. The largest absolute Gasteiger partial charge is 0.467 e. The minimum Gasteiger partial charge on any atom is -0.467 e. The molecule has 0 fully saturated rings. The van der Waals surface area contributed by atoms with E-state index in [9.17, 15) is 9.59 Å². The lowest BCUT2D eigenvalue weighted by atomic mass is 10.0. The summed E-state index contributed by atoms with van der Waals surface area (Å²) in [6.07, 6.45) is 2.58. The molecule has 1 N–H and O–H groups in total. The van der Waals surface area contributed by atoms with E-state index in [1.807, 2.05) is 43.3 Å². The van der Waals surface area contributed by atoms with Crippen molar-refractivity contribution in [3.8, 4) is 0 Å². The van der Waals surface area contributed by atoms with Gasteiger partial charge in [-0.1, -0.05) is 19.1 Å². The molecular weight excluding hydrogens is 306 g/mol. The Morgan fingerprint density at radius 1 is 1.29 bits per heavy atom. The number of nitrogens with zero attached hydrogens (tertiary/aromatic N) is 2. The minimum absolute atomic E-state index is 0.0405. The van der Waals surface area contributed by atoms with Gasteiger partial charge in [-0.2, -0.15) is 5.10 Å². The minimum atomic E-state index is -0.211.